The normalized spacial score (nSPS) is 17.8. The first kappa shape index (κ1) is 13.6. The molecule has 0 N–H and O–H groups in total. The van der Waals surface area contributed by atoms with E-state index >= 15 is 0 Å². The molecule has 2 aliphatic rings. The second-order valence-electron chi connectivity index (χ2n) is 4.88. The highest BCUT2D eigenvalue weighted by Crippen LogP contribution is 2.16. The topological polar surface area (TPSA) is 69.0 Å². The van der Waals surface area contributed by atoms with Crippen molar-refractivity contribution in [2.75, 3.05) is 26.3 Å². The van der Waals surface area contributed by atoms with Gasteiger partial charge in [0.1, 0.15) is 19.0 Å². The van der Waals surface area contributed by atoms with Crippen molar-refractivity contribution in [3.8, 4) is 0 Å². The van der Waals surface area contributed by atoms with Crippen LogP contribution in [0.2, 0.25) is 0 Å². The molecule has 0 fully saturated rings. The molecule has 6 heteroatoms. The van der Waals surface area contributed by atoms with E-state index in [1.54, 1.807) is 24.5 Å². The molecule has 0 radical (unpaired) electrons. The van der Waals surface area contributed by atoms with Crippen LogP contribution in [-0.2, 0) is 25.6 Å². The van der Waals surface area contributed by atoms with E-state index in [4.69, 9.17) is 13.9 Å². The summed E-state index contributed by atoms with van der Waals surface area (Å²) in [6.45, 7) is 1.94. The highest BCUT2D eigenvalue weighted by Gasteiger charge is 2.24. The van der Waals surface area contributed by atoms with Gasteiger partial charge < -0.3 is 13.9 Å². The Balaban J connectivity index is 1.70. The molecule has 0 amide bonds. The maximum atomic E-state index is 11.6. The number of hydrogen-bond acceptors (Lipinski definition) is 6. The van der Waals surface area contributed by atoms with Crippen LogP contribution in [-0.4, -0.2) is 43.1 Å². The van der Waals surface area contributed by atoms with E-state index in [0.717, 1.165) is 5.76 Å². The van der Waals surface area contributed by atoms with Gasteiger partial charge in [-0.15, -0.1) is 0 Å². The fourth-order valence-electron chi connectivity index (χ4n) is 2.32. The number of hydrogen-bond donors (Lipinski definition) is 0. The van der Waals surface area contributed by atoms with Crippen molar-refractivity contribution in [2.45, 2.75) is 6.54 Å². The third kappa shape index (κ3) is 3.22. The van der Waals surface area contributed by atoms with Gasteiger partial charge in [0.15, 0.2) is 0 Å². The number of carbonyl (C=O) groups excluding carboxylic acids is 2. The second-order valence-corrected chi connectivity index (χ2v) is 4.88. The number of carbonyl (C=O) groups is 2. The molecule has 1 aromatic rings. The third-order valence-corrected chi connectivity index (χ3v) is 3.36. The molecule has 0 saturated heterocycles. The van der Waals surface area contributed by atoms with E-state index in [2.05, 4.69) is 0 Å². The average molecular weight is 289 g/mol. The molecule has 3 heterocycles. The standard InChI is InChI=1S/C15H15NO5/c17-14-11(3-6-20-14)8-16(10-13-2-1-5-19-13)9-12-4-7-21-15(12)18/h1-5H,6-10H2. The molecule has 6 nitrogen and oxygen atoms in total. The first-order valence-electron chi connectivity index (χ1n) is 6.69. The van der Waals surface area contributed by atoms with E-state index in [9.17, 15) is 9.59 Å². The summed E-state index contributed by atoms with van der Waals surface area (Å²) in [6.07, 6.45) is 5.12. The molecule has 0 aromatic carbocycles. The number of nitrogens with zero attached hydrogens (tertiary/aromatic N) is 1. The van der Waals surface area contributed by atoms with Gasteiger partial charge in [-0.05, 0) is 24.3 Å². The lowest BCUT2D eigenvalue weighted by molar-refractivity contribution is -0.136. The number of ether oxygens (including phenoxy) is 2. The molecule has 0 aliphatic carbocycles. The minimum atomic E-state index is -0.303. The molecular formula is C15H15NO5. The summed E-state index contributed by atoms with van der Waals surface area (Å²) in [6, 6.07) is 3.66. The first-order chi connectivity index (χ1) is 10.2. The zero-order valence-corrected chi connectivity index (χ0v) is 11.4. The molecule has 0 atom stereocenters. The van der Waals surface area contributed by atoms with Crippen molar-refractivity contribution in [3.05, 3.63) is 47.5 Å². The SMILES string of the molecule is O=C1OCC=C1CN(CC1=CCOC1=O)Cc1ccco1. The van der Waals surface area contributed by atoms with Crippen LogP contribution < -0.4 is 0 Å². The maximum Gasteiger partial charge on any atom is 0.335 e. The summed E-state index contributed by atoms with van der Waals surface area (Å²) in [5, 5.41) is 0. The molecule has 1 aromatic heterocycles. The number of rotatable bonds is 6. The first-order valence-corrected chi connectivity index (χ1v) is 6.69. The van der Waals surface area contributed by atoms with Crippen LogP contribution in [0.4, 0.5) is 0 Å². The van der Waals surface area contributed by atoms with Crippen LogP contribution in [0.3, 0.4) is 0 Å². The van der Waals surface area contributed by atoms with Crippen LogP contribution in [0.25, 0.3) is 0 Å². The van der Waals surface area contributed by atoms with Gasteiger partial charge in [-0.1, -0.05) is 0 Å². The predicted molar refractivity (Wildman–Crippen MR) is 72.1 cm³/mol. The molecule has 21 heavy (non-hydrogen) atoms. The van der Waals surface area contributed by atoms with Crippen molar-refractivity contribution in [1.82, 2.24) is 4.90 Å². The van der Waals surface area contributed by atoms with Crippen molar-refractivity contribution >= 4 is 11.9 Å². The van der Waals surface area contributed by atoms with Gasteiger partial charge in [0.05, 0.1) is 24.0 Å². The van der Waals surface area contributed by atoms with Gasteiger partial charge in [-0.3, -0.25) is 4.90 Å². The molecule has 0 bridgehead atoms. The summed E-state index contributed by atoms with van der Waals surface area (Å²) < 4.78 is 15.1. The third-order valence-electron chi connectivity index (χ3n) is 3.36. The van der Waals surface area contributed by atoms with Crippen molar-refractivity contribution in [2.24, 2.45) is 0 Å². The smallest absolute Gasteiger partial charge is 0.335 e. The summed E-state index contributed by atoms with van der Waals surface area (Å²) in [4.78, 5) is 25.1. The summed E-state index contributed by atoms with van der Waals surface area (Å²) >= 11 is 0. The monoisotopic (exact) mass is 289 g/mol. The average Bonchev–Trinajstić information content (AvgIpc) is 3.17. The Labute approximate surface area is 121 Å². The second kappa shape index (κ2) is 5.97. The van der Waals surface area contributed by atoms with Gasteiger partial charge >= 0.3 is 11.9 Å². The highest BCUT2D eigenvalue weighted by atomic mass is 16.5. The minimum Gasteiger partial charge on any atom is -0.468 e. The highest BCUT2D eigenvalue weighted by molar-refractivity contribution is 5.91. The zero-order valence-electron chi connectivity index (χ0n) is 11.4. The van der Waals surface area contributed by atoms with Crippen LogP contribution in [0.5, 0.6) is 0 Å². The summed E-state index contributed by atoms with van der Waals surface area (Å²) in [5.41, 5.74) is 1.21. The fraction of sp³-hybridized carbons (Fsp3) is 0.333. The summed E-state index contributed by atoms with van der Waals surface area (Å²) in [7, 11) is 0. The molecule has 0 saturated carbocycles. The lowest BCUT2D eigenvalue weighted by atomic mass is 10.2. The Bertz CT molecular complexity index is 564. The molecule has 110 valence electrons. The van der Waals surface area contributed by atoms with Crippen molar-refractivity contribution in [1.29, 1.82) is 0 Å². The molecule has 2 aliphatic heterocycles. The Hall–Kier alpha value is -2.34. The van der Waals surface area contributed by atoms with Crippen molar-refractivity contribution in [3.63, 3.8) is 0 Å². The Morgan fingerprint density at radius 1 is 0.952 bits per heavy atom. The lowest BCUT2D eigenvalue weighted by Crippen LogP contribution is -2.30. The van der Waals surface area contributed by atoms with E-state index in [1.807, 2.05) is 11.0 Å². The zero-order chi connectivity index (χ0) is 14.7. The van der Waals surface area contributed by atoms with Crippen LogP contribution in [0.15, 0.2) is 46.1 Å². The maximum absolute atomic E-state index is 11.6. The quantitative estimate of drug-likeness (QED) is 0.729. The Morgan fingerprint density at radius 2 is 1.57 bits per heavy atom. The van der Waals surface area contributed by atoms with E-state index in [-0.39, 0.29) is 11.9 Å². The van der Waals surface area contributed by atoms with Crippen LogP contribution >= 0.6 is 0 Å². The fourth-order valence-corrected chi connectivity index (χ4v) is 2.32. The number of cyclic esters (lactones) is 2. The lowest BCUT2D eigenvalue weighted by Gasteiger charge is -2.20. The van der Waals surface area contributed by atoms with E-state index in [0.29, 0.717) is 44.0 Å². The minimum absolute atomic E-state index is 0.303. The van der Waals surface area contributed by atoms with Gasteiger partial charge in [0.2, 0.25) is 0 Å². The van der Waals surface area contributed by atoms with Gasteiger partial charge in [0, 0.05) is 13.1 Å². The Kier molecular flexibility index (Phi) is 3.87. The Morgan fingerprint density at radius 3 is 2.00 bits per heavy atom. The summed E-state index contributed by atoms with van der Waals surface area (Å²) in [5.74, 6) is 0.166. The number of furan rings is 1. The van der Waals surface area contributed by atoms with Gasteiger partial charge in [-0.2, -0.15) is 0 Å². The van der Waals surface area contributed by atoms with Gasteiger partial charge in [-0.25, -0.2) is 9.59 Å². The molecular weight excluding hydrogens is 274 g/mol. The van der Waals surface area contributed by atoms with E-state index < -0.39 is 0 Å². The predicted octanol–water partition coefficient (Wildman–Crippen LogP) is 1.05. The number of esters is 2. The van der Waals surface area contributed by atoms with E-state index in [1.165, 1.54) is 0 Å². The molecule has 3 rings (SSSR count). The van der Waals surface area contributed by atoms with Crippen molar-refractivity contribution < 1.29 is 23.5 Å². The molecule has 0 unspecified atom stereocenters. The van der Waals surface area contributed by atoms with Crippen LogP contribution in [0, 0.1) is 0 Å². The van der Waals surface area contributed by atoms with Crippen LogP contribution in [0.1, 0.15) is 5.76 Å². The van der Waals surface area contributed by atoms with Gasteiger partial charge in [0.25, 0.3) is 0 Å². The largest absolute Gasteiger partial charge is 0.468 e. The molecule has 0 spiro atoms.